The van der Waals surface area contributed by atoms with Gasteiger partial charge in [-0.2, -0.15) is 0 Å². The van der Waals surface area contributed by atoms with E-state index in [9.17, 15) is 18.6 Å². The second-order valence-electron chi connectivity index (χ2n) is 10.3. The monoisotopic (exact) mass is 566 g/mol. The molecule has 0 atom stereocenters. The van der Waals surface area contributed by atoms with Gasteiger partial charge in [-0.3, -0.25) is 0 Å². The van der Waals surface area contributed by atoms with E-state index in [0.717, 1.165) is 5.56 Å². The highest BCUT2D eigenvalue weighted by Gasteiger charge is 2.22. The zero-order valence-corrected chi connectivity index (χ0v) is 24.0. The molecule has 0 unspecified atom stereocenters. The highest BCUT2D eigenvalue weighted by Crippen LogP contribution is 2.33. The first-order valence-corrected chi connectivity index (χ1v) is 14.3. The average Bonchev–Trinajstić information content (AvgIpc) is 2.92. The molecule has 0 aliphatic heterocycles. The Morgan fingerprint density at radius 2 is 1.00 bits per heavy atom. The molecule has 41 heavy (non-hydrogen) atoms. The van der Waals surface area contributed by atoms with Crippen LogP contribution in [0.2, 0.25) is 0 Å². The van der Waals surface area contributed by atoms with Gasteiger partial charge in [-0.05, 0) is 113 Å². The van der Waals surface area contributed by atoms with Crippen LogP contribution in [0.25, 0.3) is 0 Å². The Bertz CT molecular complexity index is 1740. The van der Waals surface area contributed by atoms with Gasteiger partial charge in [0.2, 0.25) is 9.84 Å². The Hall–Kier alpha value is -4.53. The fraction of sp³-hybridized carbons (Fsp3) is 0.176. The first-order valence-electron chi connectivity index (χ1n) is 12.8. The van der Waals surface area contributed by atoms with E-state index in [1.807, 2.05) is 0 Å². The Kier molecular flexibility index (Phi) is 8.56. The highest BCUT2D eigenvalue weighted by molar-refractivity contribution is 7.91. The Labute approximate surface area is 241 Å². The van der Waals surface area contributed by atoms with E-state index >= 15 is 0 Å². The molecule has 0 radical (unpaired) electrons. The van der Waals surface area contributed by atoms with Crippen LogP contribution in [-0.2, 0) is 9.84 Å². The quantitative estimate of drug-likeness (QED) is 0.264. The van der Waals surface area contributed by atoms with Crippen molar-refractivity contribution in [2.24, 2.45) is 0 Å². The minimum absolute atomic E-state index is 0.0299. The lowest BCUT2D eigenvalue weighted by molar-refractivity contribution is 0.143. The molecule has 0 bridgehead atoms. The topological polar surface area (TPSA) is 93.1 Å². The van der Waals surface area contributed by atoms with Gasteiger partial charge in [-0.15, -0.1) is 0 Å². The summed E-state index contributed by atoms with van der Waals surface area (Å²) in [5.41, 5.74) is -0.758. The minimum Gasteiger partial charge on any atom is -0.457 e. The van der Waals surface area contributed by atoms with Crippen molar-refractivity contribution in [2.45, 2.75) is 48.7 Å². The second-order valence-corrected chi connectivity index (χ2v) is 12.2. The van der Waals surface area contributed by atoms with Gasteiger partial charge in [-0.25, -0.2) is 8.42 Å². The lowest BCUT2D eigenvalue weighted by atomic mass is 10.1. The molecule has 0 heterocycles. The van der Waals surface area contributed by atoms with Crippen LogP contribution in [0.3, 0.4) is 0 Å². The SMILES string of the molecule is CC(C)(O)C#Cc1ccc(Oc2ccc(S(=O)(=O)c3ccccc3Oc3ccc(C#CC(C)(C)O)cc3)cc2)cc1. The molecule has 4 rings (SSSR count). The molecule has 4 aromatic rings. The minimum atomic E-state index is -3.90. The van der Waals surface area contributed by atoms with E-state index in [-0.39, 0.29) is 15.5 Å². The maximum atomic E-state index is 13.5. The number of para-hydroxylation sites is 1. The van der Waals surface area contributed by atoms with Crippen molar-refractivity contribution in [3.63, 3.8) is 0 Å². The first kappa shape index (κ1) is 29.5. The van der Waals surface area contributed by atoms with Gasteiger partial charge in [0, 0.05) is 11.1 Å². The summed E-state index contributed by atoms with van der Waals surface area (Å²) in [5, 5.41) is 19.5. The van der Waals surface area contributed by atoms with E-state index in [2.05, 4.69) is 23.7 Å². The highest BCUT2D eigenvalue weighted by atomic mass is 32.2. The molecular weight excluding hydrogens is 536 g/mol. The summed E-state index contributed by atoms with van der Waals surface area (Å²) in [7, 11) is -3.90. The molecule has 0 spiro atoms. The van der Waals surface area contributed by atoms with Gasteiger partial charge < -0.3 is 19.7 Å². The van der Waals surface area contributed by atoms with E-state index in [0.29, 0.717) is 22.8 Å². The van der Waals surface area contributed by atoms with E-state index < -0.39 is 21.0 Å². The van der Waals surface area contributed by atoms with Crippen LogP contribution in [0.4, 0.5) is 0 Å². The standard InChI is InChI=1S/C34H30O6S/c1-33(2,35)23-21-25-9-13-27(14-10-25)39-28-17-19-30(20-18-28)41(37,38)32-8-6-5-7-31(32)40-29-15-11-26(12-16-29)22-24-34(3,4)36/h5-20,35-36H,1-4H3. The summed E-state index contributed by atoms with van der Waals surface area (Å²) >= 11 is 0. The number of hydrogen-bond donors (Lipinski definition) is 2. The molecule has 0 saturated heterocycles. The molecule has 0 aromatic heterocycles. The molecule has 0 fully saturated rings. The number of rotatable bonds is 6. The van der Waals surface area contributed by atoms with Crippen molar-refractivity contribution >= 4 is 9.84 Å². The third-order valence-corrected chi connectivity index (χ3v) is 7.28. The molecular formula is C34H30O6S. The molecule has 4 aromatic carbocycles. The van der Waals surface area contributed by atoms with Crippen molar-refractivity contribution in [3.8, 4) is 46.7 Å². The lowest BCUT2D eigenvalue weighted by Crippen LogP contribution is -2.14. The summed E-state index contributed by atoms with van der Waals surface area (Å²) in [6.45, 7) is 6.44. The maximum Gasteiger partial charge on any atom is 0.210 e. The van der Waals surface area contributed by atoms with Gasteiger partial charge in [0.25, 0.3) is 0 Å². The van der Waals surface area contributed by atoms with Crippen LogP contribution in [0, 0.1) is 23.7 Å². The van der Waals surface area contributed by atoms with Gasteiger partial charge in [0.1, 0.15) is 39.1 Å². The number of aliphatic hydroxyl groups is 2. The summed E-state index contributed by atoms with van der Waals surface area (Å²) in [4.78, 5) is 0.123. The fourth-order valence-electron chi connectivity index (χ4n) is 3.50. The van der Waals surface area contributed by atoms with Gasteiger partial charge >= 0.3 is 0 Å². The third-order valence-electron chi connectivity index (χ3n) is 5.47. The number of benzene rings is 4. The van der Waals surface area contributed by atoms with Gasteiger partial charge in [0.05, 0.1) is 4.90 Å². The summed E-state index contributed by atoms with van der Waals surface area (Å²) in [6.07, 6.45) is 0. The van der Waals surface area contributed by atoms with E-state index in [4.69, 9.17) is 9.47 Å². The predicted molar refractivity (Wildman–Crippen MR) is 158 cm³/mol. The van der Waals surface area contributed by atoms with Crippen molar-refractivity contribution < 1.29 is 28.1 Å². The second kappa shape index (κ2) is 11.9. The normalized spacial score (nSPS) is 11.5. The Balaban J connectivity index is 1.49. The van der Waals surface area contributed by atoms with Crippen molar-refractivity contribution in [3.05, 3.63) is 108 Å². The third kappa shape index (κ3) is 8.48. The number of sulfone groups is 1. The summed E-state index contributed by atoms with van der Waals surface area (Å²) in [6, 6.07) is 26.5. The summed E-state index contributed by atoms with van der Waals surface area (Å²) in [5.74, 6) is 13.0. The summed E-state index contributed by atoms with van der Waals surface area (Å²) < 4.78 is 38.8. The Morgan fingerprint density at radius 3 is 1.46 bits per heavy atom. The van der Waals surface area contributed by atoms with Crippen molar-refractivity contribution in [1.29, 1.82) is 0 Å². The first-order chi connectivity index (χ1) is 19.3. The molecule has 0 saturated carbocycles. The van der Waals surface area contributed by atoms with Crippen LogP contribution < -0.4 is 9.47 Å². The maximum absolute atomic E-state index is 13.5. The van der Waals surface area contributed by atoms with E-state index in [1.165, 1.54) is 18.2 Å². The van der Waals surface area contributed by atoms with Crippen LogP contribution in [0.15, 0.2) is 107 Å². The molecule has 208 valence electrons. The lowest BCUT2D eigenvalue weighted by Gasteiger charge is -2.13. The zero-order chi connectivity index (χ0) is 29.7. The van der Waals surface area contributed by atoms with Crippen molar-refractivity contribution in [1.82, 2.24) is 0 Å². The Morgan fingerprint density at radius 1 is 0.585 bits per heavy atom. The van der Waals surface area contributed by atoms with Gasteiger partial charge in [-0.1, -0.05) is 35.8 Å². The van der Waals surface area contributed by atoms with Gasteiger partial charge in [0.15, 0.2) is 0 Å². The molecule has 7 heteroatoms. The smallest absolute Gasteiger partial charge is 0.210 e. The molecule has 2 N–H and O–H groups in total. The van der Waals surface area contributed by atoms with Crippen LogP contribution in [0.1, 0.15) is 38.8 Å². The van der Waals surface area contributed by atoms with Crippen molar-refractivity contribution in [2.75, 3.05) is 0 Å². The zero-order valence-electron chi connectivity index (χ0n) is 23.2. The molecule has 0 amide bonds. The average molecular weight is 567 g/mol. The number of hydrogen-bond acceptors (Lipinski definition) is 6. The van der Waals surface area contributed by atoms with Crippen LogP contribution in [0.5, 0.6) is 23.0 Å². The molecule has 0 aliphatic carbocycles. The number of ether oxygens (including phenoxy) is 2. The fourth-order valence-corrected chi connectivity index (χ4v) is 4.88. The molecule has 6 nitrogen and oxygen atoms in total. The molecule has 0 aliphatic rings. The van der Waals surface area contributed by atoms with Crippen LogP contribution >= 0.6 is 0 Å². The van der Waals surface area contributed by atoms with E-state index in [1.54, 1.807) is 107 Å². The largest absolute Gasteiger partial charge is 0.457 e. The predicted octanol–water partition coefficient (Wildman–Crippen LogP) is 6.35. The van der Waals surface area contributed by atoms with Crippen LogP contribution in [-0.4, -0.2) is 29.8 Å².